The molecule has 0 spiro atoms. The summed E-state index contributed by atoms with van der Waals surface area (Å²) >= 11 is 0. The molecule has 2 N–H and O–H groups in total. The van der Waals surface area contributed by atoms with Crippen molar-refractivity contribution >= 4 is 21.9 Å². The standard InChI is InChI=1S/C31H26FN5O/c32-22-7-4-6-19(12-22)25-10-5-11-28-26(25)15-29(35-28)30-27-14-21(17-34-31(27)37-36-30)20-13-24(18-33-16-20)38-23-8-2-1-3-9-23/h4-7,10-18,23,35H,1-3,8-9H2,(H,34,36,37). The predicted octanol–water partition coefficient (Wildman–Crippen LogP) is 7.69. The summed E-state index contributed by atoms with van der Waals surface area (Å²) in [6.45, 7) is 0. The Bertz CT molecular complexity index is 1770. The molecule has 6 nitrogen and oxygen atoms in total. The van der Waals surface area contributed by atoms with Crippen molar-refractivity contribution in [3.8, 4) is 39.4 Å². The predicted molar refractivity (Wildman–Crippen MR) is 147 cm³/mol. The van der Waals surface area contributed by atoms with Crippen molar-refractivity contribution < 1.29 is 9.13 Å². The van der Waals surface area contributed by atoms with Gasteiger partial charge in [0.2, 0.25) is 0 Å². The Kier molecular flexibility index (Phi) is 5.61. The van der Waals surface area contributed by atoms with Crippen LogP contribution < -0.4 is 4.74 Å². The van der Waals surface area contributed by atoms with Crippen LogP contribution in [0.5, 0.6) is 5.75 Å². The van der Waals surface area contributed by atoms with Crippen molar-refractivity contribution in [1.82, 2.24) is 25.1 Å². The number of aromatic amines is 2. The monoisotopic (exact) mass is 503 g/mol. The molecule has 1 fully saturated rings. The number of hydrogen-bond donors (Lipinski definition) is 2. The first-order valence-corrected chi connectivity index (χ1v) is 13.1. The topological polar surface area (TPSA) is 79.5 Å². The molecule has 188 valence electrons. The maximum atomic E-state index is 13.9. The van der Waals surface area contributed by atoms with Crippen LogP contribution in [0.4, 0.5) is 4.39 Å². The molecule has 0 saturated heterocycles. The smallest absolute Gasteiger partial charge is 0.155 e. The summed E-state index contributed by atoms with van der Waals surface area (Å²) in [5, 5.41) is 9.55. The van der Waals surface area contributed by atoms with E-state index in [1.54, 1.807) is 18.3 Å². The zero-order valence-electron chi connectivity index (χ0n) is 20.7. The van der Waals surface area contributed by atoms with Crippen molar-refractivity contribution in [2.75, 3.05) is 0 Å². The van der Waals surface area contributed by atoms with Crippen LogP contribution in [0.2, 0.25) is 0 Å². The first-order valence-electron chi connectivity index (χ1n) is 13.1. The van der Waals surface area contributed by atoms with Gasteiger partial charge in [0.15, 0.2) is 5.65 Å². The van der Waals surface area contributed by atoms with E-state index in [0.717, 1.165) is 68.5 Å². The minimum Gasteiger partial charge on any atom is -0.489 e. The van der Waals surface area contributed by atoms with Crippen molar-refractivity contribution in [3.05, 3.63) is 85.1 Å². The molecule has 0 amide bonds. The van der Waals surface area contributed by atoms with Gasteiger partial charge in [-0.2, -0.15) is 5.10 Å². The van der Waals surface area contributed by atoms with E-state index >= 15 is 0 Å². The molecular weight excluding hydrogens is 477 g/mol. The van der Waals surface area contributed by atoms with Gasteiger partial charge in [0.1, 0.15) is 17.3 Å². The van der Waals surface area contributed by atoms with Crippen molar-refractivity contribution in [3.63, 3.8) is 0 Å². The SMILES string of the molecule is Fc1cccc(-c2cccc3[nH]c(-c4n[nH]c5ncc(-c6cncc(OC7CCCCC7)c6)cc45)cc23)c1. The lowest BCUT2D eigenvalue weighted by Gasteiger charge is -2.23. The number of rotatable bonds is 5. The highest BCUT2D eigenvalue weighted by Gasteiger charge is 2.17. The molecule has 7 rings (SSSR count). The van der Waals surface area contributed by atoms with Gasteiger partial charge in [-0.3, -0.25) is 10.1 Å². The molecule has 38 heavy (non-hydrogen) atoms. The zero-order valence-corrected chi connectivity index (χ0v) is 20.7. The quantitative estimate of drug-likeness (QED) is 0.253. The molecule has 1 saturated carbocycles. The summed E-state index contributed by atoms with van der Waals surface area (Å²) in [4.78, 5) is 12.6. The molecule has 0 radical (unpaired) electrons. The normalized spacial score (nSPS) is 14.3. The summed E-state index contributed by atoms with van der Waals surface area (Å²) in [6, 6.07) is 18.9. The average Bonchev–Trinajstić information content (AvgIpc) is 3.57. The van der Waals surface area contributed by atoms with Gasteiger partial charge in [0.25, 0.3) is 0 Å². The van der Waals surface area contributed by atoms with E-state index in [9.17, 15) is 4.39 Å². The molecule has 0 bridgehead atoms. The highest BCUT2D eigenvalue weighted by atomic mass is 19.1. The van der Waals surface area contributed by atoms with Gasteiger partial charge in [-0.25, -0.2) is 9.37 Å². The van der Waals surface area contributed by atoms with E-state index < -0.39 is 0 Å². The lowest BCUT2D eigenvalue weighted by molar-refractivity contribution is 0.154. The minimum absolute atomic E-state index is 0.255. The highest BCUT2D eigenvalue weighted by Crippen LogP contribution is 2.35. The van der Waals surface area contributed by atoms with E-state index in [1.807, 2.05) is 42.7 Å². The van der Waals surface area contributed by atoms with Gasteiger partial charge >= 0.3 is 0 Å². The van der Waals surface area contributed by atoms with Gasteiger partial charge < -0.3 is 9.72 Å². The van der Waals surface area contributed by atoms with E-state index in [0.29, 0.717) is 5.65 Å². The maximum Gasteiger partial charge on any atom is 0.155 e. The van der Waals surface area contributed by atoms with E-state index in [2.05, 4.69) is 37.3 Å². The molecule has 7 heteroatoms. The van der Waals surface area contributed by atoms with Crippen LogP contribution in [0.25, 0.3) is 55.6 Å². The zero-order chi connectivity index (χ0) is 25.5. The molecule has 4 heterocycles. The first kappa shape index (κ1) is 22.7. The van der Waals surface area contributed by atoms with Gasteiger partial charge in [0, 0.05) is 39.8 Å². The number of fused-ring (bicyclic) bond motifs is 2. The van der Waals surface area contributed by atoms with Crippen LogP contribution in [0.1, 0.15) is 32.1 Å². The Morgan fingerprint density at radius 3 is 2.58 bits per heavy atom. The van der Waals surface area contributed by atoms with Crippen LogP contribution in [-0.2, 0) is 0 Å². The Hall–Kier alpha value is -4.52. The molecule has 0 aliphatic heterocycles. The number of pyridine rings is 2. The van der Waals surface area contributed by atoms with E-state index in [4.69, 9.17) is 4.74 Å². The summed E-state index contributed by atoms with van der Waals surface area (Å²) < 4.78 is 20.2. The van der Waals surface area contributed by atoms with Gasteiger partial charge in [0.05, 0.1) is 18.0 Å². The van der Waals surface area contributed by atoms with E-state index in [-0.39, 0.29) is 11.9 Å². The largest absolute Gasteiger partial charge is 0.489 e. The number of benzene rings is 2. The second-order valence-corrected chi connectivity index (χ2v) is 9.94. The number of hydrogen-bond acceptors (Lipinski definition) is 4. The van der Waals surface area contributed by atoms with Gasteiger partial charge in [-0.1, -0.05) is 30.7 Å². The van der Waals surface area contributed by atoms with Crippen LogP contribution in [0.15, 0.2) is 79.3 Å². The molecule has 4 aromatic heterocycles. The van der Waals surface area contributed by atoms with Crippen molar-refractivity contribution in [2.45, 2.75) is 38.2 Å². The highest BCUT2D eigenvalue weighted by molar-refractivity contribution is 6.01. The molecule has 2 aromatic carbocycles. The molecular formula is C31H26FN5O. The molecule has 0 unspecified atom stereocenters. The number of nitrogens with zero attached hydrogens (tertiary/aromatic N) is 3. The van der Waals surface area contributed by atoms with Crippen LogP contribution >= 0.6 is 0 Å². The Morgan fingerprint density at radius 2 is 1.68 bits per heavy atom. The third-order valence-electron chi connectivity index (χ3n) is 7.37. The average molecular weight is 504 g/mol. The Morgan fingerprint density at radius 1 is 0.816 bits per heavy atom. The maximum absolute atomic E-state index is 13.9. The third kappa shape index (κ3) is 4.20. The Balaban J connectivity index is 1.26. The fraction of sp³-hybridized carbons (Fsp3) is 0.194. The van der Waals surface area contributed by atoms with Gasteiger partial charge in [-0.15, -0.1) is 0 Å². The lowest BCUT2D eigenvalue weighted by atomic mass is 9.98. The second kappa shape index (κ2) is 9.41. The summed E-state index contributed by atoms with van der Waals surface area (Å²) in [5.41, 5.74) is 6.99. The number of nitrogens with one attached hydrogen (secondary N) is 2. The third-order valence-corrected chi connectivity index (χ3v) is 7.37. The van der Waals surface area contributed by atoms with Crippen LogP contribution in [0.3, 0.4) is 0 Å². The van der Waals surface area contributed by atoms with Crippen molar-refractivity contribution in [2.24, 2.45) is 0 Å². The molecule has 1 aliphatic carbocycles. The number of H-pyrrole nitrogens is 2. The minimum atomic E-state index is -0.255. The van der Waals surface area contributed by atoms with Crippen LogP contribution in [0, 0.1) is 5.82 Å². The van der Waals surface area contributed by atoms with E-state index in [1.165, 1.54) is 25.3 Å². The number of aromatic nitrogens is 5. The molecule has 1 aliphatic rings. The summed E-state index contributed by atoms with van der Waals surface area (Å²) in [7, 11) is 0. The Labute approximate surface area is 218 Å². The fourth-order valence-corrected chi connectivity index (χ4v) is 5.47. The van der Waals surface area contributed by atoms with Crippen molar-refractivity contribution in [1.29, 1.82) is 0 Å². The number of ether oxygens (including phenoxy) is 1. The fourth-order valence-electron chi connectivity index (χ4n) is 5.47. The van der Waals surface area contributed by atoms with Crippen LogP contribution in [-0.4, -0.2) is 31.3 Å². The number of halogens is 1. The first-order chi connectivity index (χ1) is 18.7. The lowest BCUT2D eigenvalue weighted by Crippen LogP contribution is -2.19. The summed E-state index contributed by atoms with van der Waals surface area (Å²) in [6.07, 6.45) is 11.7. The molecule has 0 atom stereocenters. The van der Waals surface area contributed by atoms with Gasteiger partial charge in [-0.05, 0) is 73.2 Å². The molecule has 6 aromatic rings. The summed E-state index contributed by atoms with van der Waals surface area (Å²) in [5.74, 6) is 0.539. The second-order valence-electron chi connectivity index (χ2n) is 9.94.